The molecule has 1 unspecified atom stereocenters. The second-order valence-corrected chi connectivity index (χ2v) is 4.35. The molecule has 0 amide bonds. The Morgan fingerprint density at radius 3 is 2.50 bits per heavy atom. The highest BCUT2D eigenvalue weighted by atomic mass is 14.9. The lowest BCUT2D eigenvalue weighted by Crippen LogP contribution is -2.34. The highest BCUT2D eigenvalue weighted by molar-refractivity contribution is 4.81. The van der Waals surface area contributed by atoms with E-state index in [2.05, 4.69) is 39.6 Å². The molecule has 0 aromatic rings. The largest absolute Gasteiger partial charge is 0.314 e. The Labute approximate surface area is 77.2 Å². The topological polar surface area (TPSA) is 12.0 Å². The van der Waals surface area contributed by atoms with Crippen LogP contribution in [0.3, 0.4) is 0 Å². The van der Waals surface area contributed by atoms with Crippen molar-refractivity contribution in [1.29, 1.82) is 0 Å². The summed E-state index contributed by atoms with van der Waals surface area (Å²) in [7, 11) is 0. The molecule has 0 radical (unpaired) electrons. The normalized spacial score (nSPS) is 14.3. The van der Waals surface area contributed by atoms with Gasteiger partial charge in [0, 0.05) is 12.6 Å². The molecule has 0 saturated heterocycles. The van der Waals surface area contributed by atoms with Crippen LogP contribution in [-0.4, -0.2) is 12.6 Å². The van der Waals surface area contributed by atoms with Crippen LogP contribution in [0.15, 0.2) is 12.7 Å². The number of rotatable bonds is 6. The van der Waals surface area contributed by atoms with Crippen LogP contribution in [0.1, 0.15) is 40.5 Å². The minimum Gasteiger partial charge on any atom is -0.314 e. The van der Waals surface area contributed by atoms with E-state index in [-0.39, 0.29) is 0 Å². The molecule has 1 heteroatoms. The van der Waals surface area contributed by atoms with E-state index in [9.17, 15) is 0 Å². The quantitative estimate of drug-likeness (QED) is 0.603. The number of hydrogen-bond acceptors (Lipinski definition) is 1. The van der Waals surface area contributed by atoms with Crippen molar-refractivity contribution in [2.45, 2.75) is 46.6 Å². The minimum atomic E-state index is 0.352. The number of nitrogens with one attached hydrogen (secondary N) is 1. The van der Waals surface area contributed by atoms with Crippen molar-refractivity contribution in [2.75, 3.05) is 6.54 Å². The van der Waals surface area contributed by atoms with Crippen molar-refractivity contribution in [3.8, 4) is 0 Å². The second kappa shape index (κ2) is 5.36. The highest BCUT2D eigenvalue weighted by Gasteiger charge is 2.15. The van der Waals surface area contributed by atoms with Crippen molar-refractivity contribution < 1.29 is 0 Å². The Morgan fingerprint density at radius 1 is 1.50 bits per heavy atom. The third-order valence-corrected chi connectivity index (χ3v) is 2.24. The molecular formula is C11H23N. The molecule has 0 fully saturated rings. The molecule has 1 atom stereocenters. The molecule has 0 aliphatic carbocycles. The fourth-order valence-electron chi connectivity index (χ4n) is 1.06. The van der Waals surface area contributed by atoms with Crippen LogP contribution in [0.4, 0.5) is 0 Å². The SMILES string of the molecule is C=CCC(C)(C)CNC(C)CC. The van der Waals surface area contributed by atoms with Gasteiger partial charge in [-0.05, 0) is 25.2 Å². The van der Waals surface area contributed by atoms with Gasteiger partial charge < -0.3 is 5.32 Å². The Kier molecular flexibility index (Phi) is 5.23. The van der Waals surface area contributed by atoms with Crippen LogP contribution < -0.4 is 5.32 Å². The predicted molar refractivity (Wildman–Crippen MR) is 56.4 cm³/mol. The van der Waals surface area contributed by atoms with Gasteiger partial charge in [-0.3, -0.25) is 0 Å². The fourth-order valence-corrected chi connectivity index (χ4v) is 1.06. The summed E-state index contributed by atoms with van der Waals surface area (Å²) in [5, 5.41) is 3.51. The molecule has 12 heavy (non-hydrogen) atoms. The van der Waals surface area contributed by atoms with Crippen LogP contribution in [0.2, 0.25) is 0 Å². The van der Waals surface area contributed by atoms with Crippen molar-refractivity contribution in [2.24, 2.45) is 5.41 Å². The molecule has 0 aromatic carbocycles. The maximum Gasteiger partial charge on any atom is 0.00363 e. The average Bonchev–Trinajstić information content (AvgIpc) is 2.00. The molecule has 0 rings (SSSR count). The summed E-state index contributed by atoms with van der Waals surface area (Å²) in [6, 6.07) is 0.633. The van der Waals surface area contributed by atoms with Gasteiger partial charge in [-0.2, -0.15) is 0 Å². The lowest BCUT2D eigenvalue weighted by molar-refractivity contribution is 0.325. The summed E-state index contributed by atoms with van der Waals surface area (Å²) in [4.78, 5) is 0. The van der Waals surface area contributed by atoms with E-state index in [1.807, 2.05) is 6.08 Å². The molecule has 0 aliphatic heterocycles. The van der Waals surface area contributed by atoms with Crippen molar-refractivity contribution in [3.63, 3.8) is 0 Å². The van der Waals surface area contributed by atoms with Gasteiger partial charge in [-0.25, -0.2) is 0 Å². The first-order valence-corrected chi connectivity index (χ1v) is 4.86. The molecule has 0 aromatic heterocycles. The second-order valence-electron chi connectivity index (χ2n) is 4.35. The summed E-state index contributed by atoms with van der Waals surface area (Å²) in [6.45, 7) is 13.8. The summed E-state index contributed by atoms with van der Waals surface area (Å²) in [5.74, 6) is 0. The van der Waals surface area contributed by atoms with Crippen LogP contribution in [0, 0.1) is 5.41 Å². The van der Waals surface area contributed by atoms with E-state index in [1.165, 1.54) is 6.42 Å². The van der Waals surface area contributed by atoms with Crippen molar-refractivity contribution in [1.82, 2.24) is 5.32 Å². The summed E-state index contributed by atoms with van der Waals surface area (Å²) in [6.07, 6.45) is 4.28. The molecular weight excluding hydrogens is 146 g/mol. The van der Waals surface area contributed by atoms with E-state index in [4.69, 9.17) is 0 Å². The molecule has 0 saturated carbocycles. The molecule has 1 nitrogen and oxygen atoms in total. The van der Waals surface area contributed by atoms with Crippen LogP contribution >= 0.6 is 0 Å². The number of hydrogen-bond donors (Lipinski definition) is 1. The maximum atomic E-state index is 3.77. The zero-order valence-electron chi connectivity index (χ0n) is 8.98. The lowest BCUT2D eigenvalue weighted by Gasteiger charge is -2.25. The Morgan fingerprint density at radius 2 is 2.08 bits per heavy atom. The third-order valence-electron chi connectivity index (χ3n) is 2.24. The Bertz CT molecular complexity index is 127. The first-order valence-electron chi connectivity index (χ1n) is 4.86. The van der Waals surface area contributed by atoms with Gasteiger partial charge >= 0.3 is 0 Å². The van der Waals surface area contributed by atoms with E-state index < -0.39 is 0 Å². The van der Waals surface area contributed by atoms with Crippen LogP contribution in [0.25, 0.3) is 0 Å². The van der Waals surface area contributed by atoms with Crippen molar-refractivity contribution >= 4 is 0 Å². The molecule has 0 spiro atoms. The zero-order chi connectivity index (χ0) is 9.61. The average molecular weight is 169 g/mol. The van der Waals surface area contributed by atoms with Gasteiger partial charge in [0.1, 0.15) is 0 Å². The molecule has 0 aliphatic rings. The highest BCUT2D eigenvalue weighted by Crippen LogP contribution is 2.19. The molecule has 72 valence electrons. The van der Waals surface area contributed by atoms with E-state index in [0.29, 0.717) is 11.5 Å². The first-order chi connectivity index (χ1) is 5.52. The molecule has 0 bridgehead atoms. The Hall–Kier alpha value is -0.300. The van der Waals surface area contributed by atoms with E-state index in [0.717, 1.165) is 13.0 Å². The summed E-state index contributed by atoms with van der Waals surface area (Å²) in [5.41, 5.74) is 0.352. The lowest BCUT2D eigenvalue weighted by atomic mass is 9.89. The van der Waals surface area contributed by atoms with Gasteiger partial charge in [0.15, 0.2) is 0 Å². The van der Waals surface area contributed by atoms with Gasteiger partial charge in [-0.15, -0.1) is 6.58 Å². The van der Waals surface area contributed by atoms with Gasteiger partial charge in [0.2, 0.25) is 0 Å². The standard InChI is InChI=1S/C11H23N/c1-6-8-11(4,5)9-12-10(3)7-2/h6,10,12H,1,7-9H2,2-5H3. The van der Waals surface area contributed by atoms with Gasteiger partial charge in [0.25, 0.3) is 0 Å². The maximum absolute atomic E-state index is 3.77. The van der Waals surface area contributed by atoms with Crippen LogP contribution in [-0.2, 0) is 0 Å². The summed E-state index contributed by atoms with van der Waals surface area (Å²) < 4.78 is 0. The van der Waals surface area contributed by atoms with E-state index >= 15 is 0 Å². The molecule has 1 N–H and O–H groups in total. The first kappa shape index (κ1) is 11.7. The predicted octanol–water partition coefficient (Wildman–Crippen LogP) is 2.98. The Balaban J connectivity index is 3.66. The minimum absolute atomic E-state index is 0.352. The van der Waals surface area contributed by atoms with Crippen LogP contribution in [0.5, 0.6) is 0 Å². The van der Waals surface area contributed by atoms with E-state index in [1.54, 1.807) is 0 Å². The van der Waals surface area contributed by atoms with Gasteiger partial charge in [0.05, 0.1) is 0 Å². The van der Waals surface area contributed by atoms with Crippen molar-refractivity contribution in [3.05, 3.63) is 12.7 Å². The summed E-state index contributed by atoms with van der Waals surface area (Å²) >= 11 is 0. The van der Waals surface area contributed by atoms with Gasteiger partial charge in [-0.1, -0.05) is 26.8 Å². The smallest absolute Gasteiger partial charge is 0.00363 e. The fraction of sp³-hybridized carbons (Fsp3) is 0.818. The molecule has 0 heterocycles. The third kappa shape index (κ3) is 5.36. The number of allylic oxidation sites excluding steroid dienone is 1. The zero-order valence-corrected chi connectivity index (χ0v) is 8.98. The monoisotopic (exact) mass is 169 g/mol.